The van der Waals surface area contributed by atoms with Crippen molar-refractivity contribution in [3.05, 3.63) is 46.3 Å². The first kappa shape index (κ1) is 20.3. The van der Waals surface area contributed by atoms with Gasteiger partial charge in [0.2, 0.25) is 5.90 Å². The van der Waals surface area contributed by atoms with Crippen LogP contribution >= 0.6 is 0 Å². The van der Waals surface area contributed by atoms with Gasteiger partial charge in [-0.3, -0.25) is 0 Å². The van der Waals surface area contributed by atoms with Crippen molar-refractivity contribution in [2.45, 2.75) is 64.0 Å². The van der Waals surface area contributed by atoms with Crippen LogP contribution in [0.1, 0.15) is 57.4 Å². The van der Waals surface area contributed by atoms with Gasteiger partial charge in [0.15, 0.2) is 0 Å². The van der Waals surface area contributed by atoms with Gasteiger partial charge in [-0.15, -0.1) is 0 Å². The van der Waals surface area contributed by atoms with E-state index in [9.17, 15) is 0 Å². The van der Waals surface area contributed by atoms with E-state index in [1.165, 1.54) is 25.7 Å². The van der Waals surface area contributed by atoms with Gasteiger partial charge in [0, 0.05) is 23.1 Å². The second-order valence-electron chi connectivity index (χ2n) is 6.69. The Balaban J connectivity index is 1.63. The largest absolute Gasteiger partial charge is 0.475 e. The van der Waals surface area contributed by atoms with Crippen molar-refractivity contribution in [3.8, 4) is 0 Å². The minimum Gasteiger partial charge on any atom is -0.475 e. The maximum Gasteiger partial charge on any atom is 0.216 e. The molecule has 0 radical (unpaired) electrons. The highest BCUT2D eigenvalue weighted by molar-refractivity contribution is 5.95. The molecule has 2 rings (SSSR count). The number of unbranched alkanes of at least 4 members (excludes halogenated alkanes) is 4. The third kappa shape index (κ3) is 7.46. The summed E-state index contributed by atoms with van der Waals surface area (Å²) < 4.78 is 11.4. The molecule has 1 heterocycles. The van der Waals surface area contributed by atoms with E-state index < -0.39 is 0 Å². The van der Waals surface area contributed by atoms with Gasteiger partial charge in [-0.05, 0) is 30.5 Å². The van der Waals surface area contributed by atoms with Crippen LogP contribution in [-0.4, -0.2) is 37.8 Å². The molecule has 0 aromatic heterocycles. The Labute approximate surface area is 156 Å². The average Bonchev–Trinajstić information content (AvgIpc) is 3.14. The van der Waals surface area contributed by atoms with Crippen LogP contribution in [0, 0.1) is 0 Å². The predicted octanol–water partition coefficient (Wildman–Crippen LogP) is 5.28. The normalized spacial score (nSPS) is 17.3. The Morgan fingerprint density at radius 2 is 2.04 bits per heavy atom. The molecule has 0 spiro atoms. The fourth-order valence-electron chi connectivity index (χ4n) is 2.99. The Morgan fingerprint density at radius 1 is 1.23 bits per heavy atom. The maximum absolute atomic E-state index is 8.73. The molecule has 2 atom stereocenters. The first-order chi connectivity index (χ1) is 12.8. The highest BCUT2D eigenvalue weighted by atomic mass is 16.5. The molecule has 0 saturated carbocycles. The maximum atomic E-state index is 8.73. The summed E-state index contributed by atoms with van der Waals surface area (Å²) in [4.78, 5) is 7.56. The second-order valence-corrected chi connectivity index (χ2v) is 6.69. The number of hydrogen-bond acceptors (Lipinski definition) is 4. The van der Waals surface area contributed by atoms with Gasteiger partial charge < -0.3 is 9.47 Å². The molecular formula is C20H30N4O2. The minimum absolute atomic E-state index is 0.0323. The van der Waals surface area contributed by atoms with E-state index >= 15 is 0 Å². The summed E-state index contributed by atoms with van der Waals surface area (Å²) in [6.45, 7) is 3.89. The van der Waals surface area contributed by atoms with E-state index in [2.05, 4.69) is 21.9 Å². The first-order valence-corrected chi connectivity index (χ1v) is 9.71. The fourth-order valence-corrected chi connectivity index (χ4v) is 2.99. The summed E-state index contributed by atoms with van der Waals surface area (Å²) in [7, 11) is 0. The van der Waals surface area contributed by atoms with Crippen LogP contribution in [0.25, 0.3) is 10.4 Å². The SMILES string of the molecule is CCCCCCC[C@H](CCOCC1COC(c2ccccc2)=N1)N=[N+]=[N-]. The van der Waals surface area contributed by atoms with Crippen LogP contribution < -0.4 is 0 Å². The van der Waals surface area contributed by atoms with Crippen LogP contribution in [0.15, 0.2) is 40.4 Å². The molecular weight excluding hydrogens is 328 g/mol. The number of ether oxygens (including phenoxy) is 2. The molecule has 1 aromatic rings. The van der Waals surface area contributed by atoms with Crippen molar-refractivity contribution < 1.29 is 9.47 Å². The lowest BCUT2D eigenvalue weighted by molar-refractivity contribution is 0.106. The quantitative estimate of drug-likeness (QED) is 0.208. The van der Waals surface area contributed by atoms with Crippen molar-refractivity contribution in [1.82, 2.24) is 0 Å². The number of aliphatic imine (C=N–C) groups is 1. The van der Waals surface area contributed by atoms with Crippen LogP contribution in [-0.2, 0) is 9.47 Å². The molecule has 6 nitrogen and oxygen atoms in total. The second kappa shape index (κ2) is 12.3. The lowest BCUT2D eigenvalue weighted by Gasteiger charge is -2.12. The van der Waals surface area contributed by atoms with Crippen LogP contribution in [0.2, 0.25) is 0 Å². The molecule has 142 valence electrons. The van der Waals surface area contributed by atoms with E-state index in [-0.39, 0.29) is 12.1 Å². The smallest absolute Gasteiger partial charge is 0.216 e. The first-order valence-electron chi connectivity index (χ1n) is 9.71. The number of benzene rings is 1. The van der Waals surface area contributed by atoms with Gasteiger partial charge >= 0.3 is 0 Å². The zero-order chi connectivity index (χ0) is 18.5. The van der Waals surface area contributed by atoms with Crippen molar-refractivity contribution in [2.75, 3.05) is 19.8 Å². The van der Waals surface area contributed by atoms with Gasteiger partial charge in [0.25, 0.3) is 0 Å². The Hall–Kier alpha value is -2.04. The lowest BCUT2D eigenvalue weighted by atomic mass is 10.1. The highest BCUT2D eigenvalue weighted by Crippen LogP contribution is 2.14. The Kier molecular flexibility index (Phi) is 9.62. The molecule has 0 aliphatic carbocycles. The summed E-state index contributed by atoms with van der Waals surface area (Å²) >= 11 is 0. The molecule has 1 unspecified atom stereocenters. The molecule has 0 fully saturated rings. The van der Waals surface area contributed by atoms with Crippen LogP contribution in [0.5, 0.6) is 0 Å². The molecule has 0 N–H and O–H groups in total. The zero-order valence-corrected chi connectivity index (χ0v) is 15.7. The Bertz CT molecular complexity index is 585. The third-order valence-corrected chi connectivity index (χ3v) is 4.49. The molecule has 6 heteroatoms. The molecule has 1 aromatic carbocycles. The number of azide groups is 1. The molecule has 0 bridgehead atoms. The number of nitrogens with zero attached hydrogens (tertiary/aromatic N) is 4. The lowest BCUT2D eigenvalue weighted by Crippen LogP contribution is -2.17. The minimum atomic E-state index is 0.0323. The van der Waals surface area contributed by atoms with Crippen molar-refractivity contribution >= 4 is 5.90 Å². The summed E-state index contributed by atoms with van der Waals surface area (Å²) in [6, 6.07) is 9.98. The summed E-state index contributed by atoms with van der Waals surface area (Å²) in [5, 5.41) is 3.91. The van der Waals surface area contributed by atoms with Crippen molar-refractivity contribution in [2.24, 2.45) is 10.1 Å². The summed E-state index contributed by atoms with van der Waals surface area (Å²) in [5.74, 6) is 0.693. The van der Waals surface area contributed by atoms with Gasteiger partial charge in [0.05, 0.1) is 6.61 Å². The third-order valence-electron chi connectivity index (χ3n) is 4.49. The van der Waals surface area contributed by atoms with Gasteiger partial charge in [-0.25, -0.2) is 4.99 Å². The number of hydrogen-bond donors (Lipinski definition) is 0. The zero-order valence-electron chi connectivity index (χ0n) is 15.7. The Morgan fingerprint density at radius 3 is 2.81 bits per heavy atom. The van der Waals surface area contributed by atoms with E-state index in [0.717, 1.165) is 24.8 Å². The molecule has 0 saturated heterocycles. The van der Waals surface area contributed by atoms with E-state index in [4.69, 9.17) is 15.0 Å². The fraction of sp³-hybridized carbons (Fsp3) is 0.650. The molecule has 1 aliphatic rings. The van der Waals surface area contributed by atoms with Gasteiger partial charge in [0.1, 0.15) is 12.6 Å². The predicted molar refractivity (Wildman–Crippen MR) is 104 cm³/mol. The standard InChI is InChI=1S/C20H30N4O2/c1-2-3-4-5-9-12-18(23-24-21)13-14-25-15-19-16-26-20(22-19)17-10-7-6-8-11-17/h6-8,10-11,18-19H,2-5,9,12-16H2,1H3/t18-,19?/m1/s1. The van der Waals surface area contributed by atoms with Gasteiger partial charge in [-0.1, -0.05) is 62.3 Å². The van der Waals surface area contributed by atoms with Crippen LogP contribution in [0.4, 0.5) is 0 Å². The van der Waals surface area contributed by atoms with E-state index in [0.29, 0.717) is 25.7 Å². The molecule has 0 amide bonds. The summed E-state index contributed by atoms with van der Waals surface area (Å²) in [6.07, 6.45) is 7.82. The monoisotopic (exact) mass is 358 g/mol. The van der Waals surface area contributed by atoms with Gasteiger partial charge in [-0.2, -0.15) is 0 Å². The summed E-state index contributed by atoms with van der Waals surface area (Å²) in [5.41, 5.74) is 9.73. The van der Waals surface area contributed by atoms with Crippen molar-refractivity contribution in [3.63, 3.8) is 0 Å². The number of rotatable bonds is 13. The van der Waals surface area contributed by atoms with E-state index in [1.807, 2.05) is 30.3 Å². The topological polar surface area (TPSA) is 79.6 Å². The van der Waals surface area contributed by atoms with E-state index in [1.54, 1.807) is 0 Å². The highest BCUT2D eigenvalue weighted by Gasteiger charge is 2.20. The van der Waals surface area contributed by atoms with Crippen LogP contribution in [0.3, 0.4) is 0 Å². The molecule has 1 aliphatic heterocycles. The van der Waals surface area contributed by atoms with Crippen molar-refractivity contribution in [1.29, 1.82) is 0 Å². The average molecular weight is 358 g/mol. The molecule has 26 heavy (non-hydrogen) atoms.